The van der Waals surface area contributed by atoms with Gasteiger partial charge in [-0.05, 0) is 22.6 Å². The van der Waals surface area contributed by atoms with Crippen LogP contribution in [0.15, 0.2) is 12.5 Å². The highest BCUT2D eigenvalue weighted by molar-refractivity contribution is 14.1. The summed E-state index contributed by atoms with van der Waals surface area (Å²) in [4.78, 5) is 7.37. The lowest BCUT2D eigenvalue weighted by atomic mass is 10.4. The van der Waals surface area contributed by atoms with Crippen LogP contribution >= 0.6 is 22.6 Å². The van der Waals surface area contributed by atoms with Crippen LogP contribution in [0.25, 0.3) is 0 Å². The Balaban J connectivity index is 2.43. The predicted molar refractivity (Wildman–Crippen MR) is 50.9 cm³/mol. The largest absolute Gasteiger partial charge is 0.476 e. The van der Waals surface area contributed by atoms with Crippen LogP contribution in [0, 0.1) is 3.57 Å². The Labute approximate surface area is 91.8 Å². The van der Waals surface area contributed by atoms with Crippen LogP contribution in [-0.4, -0.2) is 22.8 Å². The van der Waals surface area contributed by atoms with E-state index in [1.165, 1.54) is 12.5 Å². The summed E-state index contributed by atoms with van der Waals surface area (Å²) in [7, 11) is 0. The normalized spacial score (nSPS) is 11.4. The molecule has 0 aliphatic heterocycles. The molecule has 0 aliphatic carbocycles. The average Bonchev–Trinajstić information content (AvgIpc) is 2.06. The highest BCUT2D eigenvalue weighted by atomic mass is 127. The highest BCUT2D eigenvalue weighted by Crippen LogP contribution is 2.21. The lowest BCUT2D eigenvalue weighted by molar-refractivity contribution is -0.139. The molecule has 1 aromatic heterocycles. The lowest BCUT2D eigenvalue weighted by Crippen LogP contribution is -2.13. The third kappa shape index (κ3) is 4.07. The van der Waals surface area contributed by atoms with Crippen LogP contribution in [0.4, 0.5) is 13.2 Å². The minimum absolute atomic E-state index is 0.185. The van der Waals surface area contributed by atoms with Gasteiger partial charge in [0.25, 0.3) is 0 Å². The molecule has 0 saturated carbocycles. The Morgan fingerprint density at radius 2 is 2.14 bits per heavy atom. The van der Waals surface area contributed by atoms with Crippen molar-refractivity contribution in [2.45, 2.75) is 12.6 Å². The van der Waals surface area contributed by atoms with Crippen molar-refractivity contribution in [3.8, 4) is 5.88 Å². The zero-order chi connectivity index (χ0) is 10.6. The molecule has 0 fully saturated rings. The van der Waals surface area contributed by atoms with Gasteiger partial charge in [-0.2, -0.15) is 13.2 Å². The topological polar surface area (TPSA) is 35.0 Å². The fourth-order valence-electron chi connectivity index (χ4n) is 0.671. The molecule has 0 unspecified atom stereocenters. The first-order valence-electron chi connectivity index (χ1n) is 3.64. The van der Waals surface area contributed by atoms with Crippen molar-refractivity contribution in [3.63, 3.8) is 0 Å². The first-order chi connectivity index (χ1) is 6.49. The van der Waals surface area contributed by atoms with Gasteiger partial charge in [0.05, 0.1) is 16.6 Å². The quantitative estimate of drug-likeness (QED) is 0.803. The van der Waals surface area contributed by atoms with Gasteiger partial charge in [-0.3, -0.25) is 0 Å². The van der Waals surface area contributed by atoms with Crippen LogP contribution in [0.2, 0.25) is 0 Å². The van der Waals surface area contributed by atoms with E-state index in [1.807, 2.05) is 22.6 Å². The van der Waals surface area contributed by atoms with Crippen molar-refractivity contribution in [2.24, 2.45) is 0 Å². The number of ether oxygens (including phenoxy) is 1. The van der Waals surface area contributed by atoms with E-state index in [1.54, 1.807) is 0 Å². The number of hydrogen-bond donors (Lipinski definition) is 0. The SMILES string of the molecule is FC(F)(F)CCOc1ncncc1I. The first-order valence-corrected chi connectivity index (χ1v) is 4.72. The van der Waals surface area contributed by atoms with Crippen LogP contribution in [0.1, 0.15) is 6.42 Å². The summed E-state index contributed by atoms with van der Waals surface area (Å²) in [6.07, 6.45) is -2.48. The van der Waals surface area contributed by atoms with Crippen molar-refractivity contribution >= 4 is 22.6 Å². The molecule has 0 radical (unpaired) electrons. The monoisotopic (exact) mass is 318 g/mol. The van der Waals surface area contributed by atoms with Gasteiger partial charge >= 0.3 is 6.18 Å². The third-order valence-corrected chi connectivity index (χ3v) is 2.00. The average molecular weight is 318 g/mol. The summed E-state index contributed by atoms with van der Waals surface area (Å²) in [5.41, 5.74) is 0. The Bertz CT molecular complexity index is 305. The molecule has 1 aromatic rings. The zero-order valence-corrected chi connectivity index (χ0v) is 9.04. The van der Waals surface area contributed by atoms with E-state index in [9.17, 15) is 13.2 Å². The van der Waals surface area contributed by atoms with E-state index in [0.29, 0.717) is 3.57 Å². The molecule has 0 aromatic carbocycles. The van der Waals surface area contributed by atoms with E-state index in [0.717, 1.165) is 0 Å². The maximum Gasteiger partial charge on any atom is 0.392 e. The second kappa shape index (κ2) is 4.76. The fourth-order valence-corrected chi connectivity index (χ4v) is 1.13. The zero-order valence-electron chi connectivity index (χ0n) is 6.88. The summed E-state index contributed by atoms with van der Waals surface area (Å²) < 4.78 is 40.7. The maximum absolute atomic E-state index is 11.7. The molecule has 0 atom stereocenters. The highest BCUT2D eigenvalue weighted by Gasteiger charge is 2.27. The standard InChI is InChI=1S/C7H6F3IN2O/c8-7(9,10)1-2-14-6-5(11)3-12-4-13-6/h3-4H,1-2H2. The number of hydrogen-bond acceptors (Lipinski definition) is 3. The summed E-state index contributed by atoms with van der Waals surface area (Å²) in [5, 5.41) is 0. The minimum Gasteiger partial charge on any atom is -0.476 e. The number of alkyl halides is 3. The molecule has 0 bridgehead atoms. The summed E-state index contributed by atoms with van der Waals surface area (Å²) >= 11 is 1.89. The molecule has 0 aliphatic rings. The predicted octanol–water partition coefficient (Wildman–Crippen LogP) is 2.41. The first kappa shape index (κ1) is 11.5. The molecular formula is C7H6F3IN2O. The molecule has 1 rings (SSSR count). The number of nitrogens with zero attached hydrogens (tertiary/aromatic N) is 2. The minimum atomic E-state index is -4.20. The summed E-state index contributed by atoms with van der Waals surface area (Å²) in [6, 6.07) is 0. The van der Waals surface area contributed by atoms with Crippen LogP contribution in [0.3, 0.4) is 0 Å². The van der Waals surface area contributed by atoms with Crippen molar-refractivity contribution in [1.82, 2.24) is 9.97 Å². The number of halogens is 4. The van der Waals surface area contributed by atoms with E-state index in [-0.39, 0.29) is 5.88 Å². The molecule has 7 heteroatoms. The van der Waals surface area contributed by atoms with Gasteiger partial charge in [0.1, 0.15) is 6.33 Å². The van der Waals surface area contributed by atoms with Crippen molar-refractivity contribution < 1.29 is 17.9 Å². The smallest absolute Gasteiger partial charge is 0.392 e. The summed E-state index contributed by atoms with van der Waals surface area (Å²) in [5.74, 6) is 0.185. The number of rotatable bonds is 3. The molecule has 14 heavy (non-hydrogen) atoms. The Morgan fingerprint density at radius 1 is 1.43 bits per heavy atom. The van der Waals surface area contributed by atoms with Gasteiger partial charge in [0, 0.05) is 6.20 Å². The van der Waals surface area contributed by atoms with Gasteiger partial charge < -0.3 is 4.74 Å². The van der Waals surface area contributed by atoms with E-state index in [2.05, 4.69) is 9.97 Å². The Morgan fingerprint density at radius 3 is 2.71 bits per heavy atom. The second-order valence-corrected chi connectivity index (χ2v) is 3.55. The van der Waals surface area contributed by atoms with Crippen LogP contribution in [0.5, 0.6) is 5.88 Å². The Kier molecular flexibility index (Phi) is 3.90. The molecule has 0 N–H and O–H groups in total. The van der Waals surface area contributed by atoms with Crippen LogP contribution in [-0.2, 0) is 0 Å². The second-order valence-electron chi connectivity index (χ2n) is 2.39. The van der Waals surface area contributed by atoms with Gasteiger partial charge in [-0.15, -0.1) is 0 Å². The van der Waals surface area contributed by atoms with Gasteiger partial charge in [0.2, 0.25) is 5.88 Å². The summed E-state index contributed by atoms with van der Waals surface area (Å²) in [6.45, 7) is -0.420. The maximum atomic E-state index is 11.7. The van der Waals surface area contributed by atoms with E-state index in [4.69, 9.17) is 4.74 Å². The van der Waals surface area contributed by atoms with Gasteiger partial charge in [0.15, 0.2) is 0 Å². The van der Waals surface area contributed by atoms with Crippen molar-refractivity contribution in [3.05, 3.63) is 16.1 Å². The molecule has 0 amide bonds. The van der Waals surface area contributed by atoms with Gasteiger partial charge in [-0.25, -0.2) is 9.97 Å². The molecular weight excluding hydrogens is 312 g/mol. The fraction of sp³-hybridized carbons (Fsp3) is 0.429. The Hall–Kier alpha value is -0.600. The van der Waals surface area contributed by atoms with Crippen molar-refractivity contribution in [1.29, 1.82) is 0 Å². The van der Waals surface area contributed by atoms with Crippen molar-refractivity contribution in [2.75, 3.05) is 6.61 Å². The van der Waals surface area contributed by atoms with Crippen LogP contribution < -0.4 is 4.74 Å². The van der Waals surface area contributed by atoms with Gasteiger partial charge in [-0.1, -0.05) is 0 Å². The molecule has 3 nitrogen and oxygen atoms in total. The molecule has 78 valence electrons. The molecule has 0 spiro atoms. The number of aromatic nitrogens is 2. The third-order valence-electron chi connectivity index (χ3n) is 1.26. The lowest BCUT2D eigenvalue weighted by Gasteiger charge is -2.08. The van der Waals surface area contributed by atoms with E-state index < -0.39 is 19.2 Å². The molecule has 0 saturated heterocycles. The molecule has 1 heterocycles. The van der Waals surface area contributed by atoms with E-state index >= 15 is 0 Å².